The Hall–Kier alpha value is -4.77. The number of halogens is 1. The summed E-state index contributed by atoms with van der Waals surface area (Å²) in [6.45, 7) is 3.77. The molecule has 9 nitrogen and oxygen atoms in total. The first kappa shape index (κ1) is 28.0. The molecule has 0 bridgehead atoms. The number of carboxylic acids is 1. The Morgan fingerprint density at radius 2 is 1.95 bits per heavy atom. The molecule has 10 heteroatoms. The van der Waals surface area contributed by atoms with E-state index in [0.717, 1.165) is 67.1 Å². The van der Waals surface area contributed by atoms with E-state index in [0.29, 0.717) is 24.5 Å². The molecule has 0 spiro atoms. The van der Waals surface area contributed by atoms with Crippen LogP contribution >= 0.6 is 0 Å². The van der Waals surface area contributed by atoms with Gasteiger partial charge in [-0.05, 0) is 62.7 Å². The highest BCUT2D eigenvalue weighted by atomic mass is 19.1. The first-order valence-electron chi connectivity index (χ1n) is 14.8. The Balaban J connectivity index is 1.04. The fourth-order valence-corrected chi connectivity index (χ4v) is 6.01. The number of pyridine rings is 1. The summed E-state index contributed by atoms with van der Waals surface area (Å²) in [4.78, 5) is 24.1. The first-order valence-corrected chi connectivity index (χ1v) is 14.8. The minimum Gasteiger partial charge on any atom is -0.478 e. The molecule has 1 atom stereocenters. The fraction of sp³-hybridized carbons (Fsp3) is 0.353. The van der Waals surface area contributed by atoms with E-state index in [1.165, 1.54) is 6.07 Å². The normalized spacial score (nSPS) is 18.3. The highest BCUT2D eigenvalue weighted by molar-refractivity contribution is 5.95. The van der Waals surface area contributed by atoms with Crippen molar-refractivity contribution in [2.24, 2.45) is 0 Å². The van der Waals surface area contributed by atoms with E-state index in [1.807, 2.05) is 18.2 Å². The van der Waals surface area contributed by atoms with Crippen LogP contribution in [0.3, 0.4) is 0 Å². The summed E-state index contributed by atoms with van der Waals surface area (Å²) in [5.74, 6) is 6.18. The predicted octanol–water partition coefficient (Wildman–Crippen LogP) is 4.99. The lowest BCUT2D eigenvalue weighted by molar-refractivity contribution is -0.0592. The number of fused-ring (bicyclic) bond motifs is 1. The number of aromatic carboxylic acids is 1. The number of carboxylic acid groups (broad SMARTS) is 1. The molecule has 0 radical (unpaired) electrons. The standard InChI is InChI=1S/C34H30FN5O4/c35-28-14-21(17-36)4-5-24(28)20-44-32-3-1-2-29(37-32)23-8-11-39(12-9-23)19-31-38-33-27(22-6-7-22)15-25(34(41)42)16-30(33)40(31)18-26-10-13-43-26/h1-5,14-16,22-23,26H,8-13,18-20H2,(H,41,42)/t26-/m0/s1. The van der Waals surface area contributed by atoms with Gasteiger partial charge in [-0.2, -0.15) is 5.26 Å². The molecule has 0 unspecified atom stereocenters. The van der Waals surface area contributed by atoms with Gasteiger partial charge in [0, 0.05) is 35.4 Å². The van der Waals surface area contributed by atoms with E-state index in [9.17, 15) is 14.3 Å². The zero-order valence-corrected chi connectivity index (χ0v) is 24.0. The van der Waals surface area contributed by atoms with Crippen molar-refractivity contribution in [1.82, 2.24) is 19.4 Å². The van der Waals surface area contributed by atoms with Crippen molar-refractivity contribution in [3.8, 4) is 23.8 Å². The van der Waals surface area contributed by atoms with Crippen LogP contribution in [-0.4, -0.2) is 56.3 Å². The quantitative estimate of drug-likeness (QED) is 0.257. The Morgan fingerprint density at radius 1 is 1.14 bits per heavy atom. The second kappa shape index (κ2) is 11.7. The largest absolute Gasteiger partial charge is 0.478 e. The lowest BCUT2D eigenvalue weighted by Crippen LogP contribution is -2.35. The van der Waals surface area contributed by atoms with Crippen molar-refractivity contribution in [3.05, 3.63) is 88.1 Å². The van der Waals surface area contributed by atoms with Gasteiger partial charge in [-0.15, -0.1) is 0 Å². The van der Waals surface area contributed by atoms with Gasteiger partial charge in [0.2, 0.25) is 5.88 Å². The van der Waals surface area contributed by atoms with Gasteiger partial charge in [0.15, 0.2) is 0 Å². The van der Waals surface area contributed by atoms with Gasteiger partial charge in [0.05, 0.1) is 47.4 Å². The molecule has 2 aromatic heterocycles. The molecule has 4 heterocycles. The third-order valence-electron chi connectivity index (χ3n) is 8.66. The number of imidazole rings is 1. The minimum absolute atomic E-state index is 0.0296. The van der Waals surface area contributed by atoms with Crippen LogP contribution in [0.4, 0.5) is 4.39 Å². The van der Waals surface area contributed by atoms with E-state index >= 15 is 0 Å². The van der Waals surface area contributed by atoms with Crippen LogP contribution in [-0.2, 0) is 24.4 Å². The number of benzene rings is 2. The number of nitriles is 1. The van der Waals surface area contributed by atoms with Crippen molar-refractivity contribution in [2.45, 2.75) is 56.9 Å². The minimum atomic E-state index is -0.963. The second-order valence-corrected chi connectivity index (χ2v) is 11.5. The van der Waals surface area contributed by atoms with Gasteiger partial charge in [0.25, 0.3) is 0 Å². The molecule has 2 fully saturated rings. The summed E-state index contributed by atoms with van der Waals surface area (Å²) in [5.41, 5.74) is 4.30. The smallest absolute Gasteiger partial charge is 0.335 e. The second-order valence-electron chi connectivity index (χ2n) is 11.5. The first-order chi connectivity index (χ1) is 21.4. The zero-order chi connectivity index (χ0) is 30.2. The van der Waals surface area contributed by atoms with Crippen LogP contribution in [0.25, 0.3) is 11.0 Å². The van der Waals surface area contributed by atoms with E-state index in [2.05, 4.69) is 21.3 Å². The molecule has 2 saturated heterocycles. The van der Waals surface area contributed by atoms with Crippen LogP contribution in [0.15, 0.2) is 48.5 Å². The molecule has 1 aliphatic carbocycles. The summed E-state index contributed by atoms with van der Waals surface area (Å²) in [6.07, 6.45) is 2.90. The van der Waals surface area contributed by atoms with Crippen molar-refractivity contribution >= 4 is 17.0 Å². The number of likely N-dealkylation sites (tertiary alicyclic amines) is 1. The molecule has 4 aromatic rings. The molecule has 1 N–H and O–H groups in total. The van der Waals surface area contributed by atoms with Gasteiger partial charge in [-0.1, -0.05) is 24.0 Å². The van der Waals surface area contributed by atoms with Gasteiger partial charge < -0.3 is 19.1 Å². The van der Waals surface area contributed by atoms with Crippen molar-refractivity contribution < 1.29 is 23.8 Å². The third kappa shape index (κ3) is 5.74. The van der Waals surface area contributed by atoms with E-state index in [4.69, 9.17) is 24.7 Å². The summed E-state index contributed by atoms with van der Waals surface area (Å²) >= 11 is 0. The predicted molar refractivity (Wildman–Crippen MR) is 159 cm³/mol. The number of carbonyl (C=O) groups is 1. The Kier molecular flexibility index (Phi) is 7.47. The Labute approximate surface area is 253 Å². The number of nitrogens with zero attached hydrogens (tertiary/aromatic N) is 5. The van der Waals surface area contributed by atoms with Crippen LogP contribution in [0.2, 0.25) is 0 Å². The third-order valence-corrected chi connectivity index (χ3v) is 8.66. The average Bonchev–Trinajstić information content (AvgIpc) is 3.80. The van der Waals surface area contributed by atoms with Crippen LogP contribution < -0.4 is 4.74 Å². The molecule has 2 aromatic carbocycles. The Morgan fingerprint density at radius 3 is 2.64 bits per heavy atom. The van der Waals surface area contributed by atoms with Gasteiger partial charge in [0.1, 0.15) is 24.2 Å². The molecular formula is C34H30FN5O4. The van der Waals surface area contributed by atoms with E-state index < -0.39 is 11.8 Å². The molecular weight excluding hydrogens is 561 g/mol. The molecule has 222 valence electrons. The molecule has 2 aliphatic heterocycles. The lowest BCUT2D eigenvalue weighted by atomic mass is 9.93. The zero-order valence-electron chi connectivity index (χ0n) is 24.0. The number of hydrogen-bond donors (Lipinski definition) is 1. The highest BCUT2D eigenvalue weighted by Gasteiger charge is 2.29. The number of hydrogen-bond acceptors (Lipinski definition) is 7. The van der Waals surface area contributed by atoms with Crippen molar-refractivity contribution in [3.63, 3.8) is 0 Å². The SMILES string of the molecule is N#Cc1ccc(COc2cccc(C3CCN(Cc4nc5c(C6C#C6)cc(C(=O)O)cc5n4C[C@@H]4CCO4)CC3)n2)c(F)c1. The van der Waals surface area contributed by atoms with Crippen molar-refractivity contribution in [2.75, 3.05) is 19.7 Å². The van der Waals surface area contributed by atoms with Crippen LogP contribution in [0.1, 0.15) is 69.7 Å². The summed E-state index contributed by atoms with van der Waals surface area (Å²) in [6, 6.07) is 15.4. The molecule has 0 saturated carbocycles. The molecule has 3 aliphatic rings. The maximum Gasteiger partial charge on any atom is 0.335 e. The molecule has 0 amide bonds. The van der Waals surface area contributed by atoms with E-state index in [1.54, 1.807) is 30.3 Å². The lowest BCUT2D eigenvalue weighted by Gasteiger charge is -2.32. The van der Waals surface area contributed by atoms with Crippen LogP contribution in [0, 0.1) is 29.0 Å². The van der Waals surface area contributed by atoms with Crippen molar-refractivity contribution in [1.29, 1.82) is 5.26 Å². The summed E-state index contributed by atoms with van der Waals surface area (Å²) < 4.78 is 28.0. The Bertz CT molecular complexity index is 1850. The number of rotatable bonds is 10. The average molecular weight is 592 g/mol. The van der Waals surface area contributed by atoms with Gasteiger partial charge >= 0.3 is 5.97 Å². The summed E-state index contributed by atoms with van der Waals surface area (Å²) in [7, 11) is 0. The maximum absolute atomic E-state index is 14.3. The molecule has 44 heavy (non-hydrogen) atoms. The number of ether oxygens (including phenoxy) is 2. The van der Waals surface area contributed by atoms with Gasteiger partial charge in [-0.25, -0.2) is 19.2 Å². The maximum atomic E-state index is 14.3. The number of aromatic nitrogens is 3. The summed E-state index contributed by atoms with van der Waals surface area (Å²) in [5, 5.41) is 18.7. The van der Waals surface area contributed by atoms with Gasteiger partial charge in [-0.3, -0.25) is 4.90 Å². The number of piperidine rings is 1. The highest BCUT2D eigenvalue weighted by Crippen LogP contribution is 2.34. The topological polar surface area (TPSA) is 114 Å². The van der Waals surface area contributed by atoms with Crippen LogP contribution in [0.5, 0.6) is 5.88 Å². The van der Waals surface area contributed by atoms with E-state index in [-0.39, 0.29) is 35.7 Å². The monoisotopic (exact) mass is 591 g/mol. The molecule has 7 rings (SSSR count). The fourth-order valence-electron chi connectivity index (χ4n) is 6.01.